The number of aliphatic hydroxyl groups is 1. The van der Waals surface area contributed by atoms with Crippen LogP contribution in [0.4, 0.5) is 5.69 Å². The summed E-state index contributed by atoms with van der Waals surface area (Å²) in [5.74, 6) is -2.34. The second-order valence-electron chi connectivity index (χ2n) is 18.0. The van der Waals surface area contributed by atoms with E-state index in [1.165, 1.54) is 18.3 Å². The van der Waals surface area contributed by atoms with Crippen molar-refractivity contribution in [1.29, 1.82) is 0 Å². The van der Waals surface area contributed by atoms with E-state index >= 15 is 0 Å². The number of thiazole rings is 1. The van der Waals surface area contributed by atoms with Gasteiger partial charge in [0.25, 0.3) is 5.91 Å². The minimum atomic E-state index is -1.21. The minimum absolute atomic E-state index is 0.0222. The van der Waals surface area contributed by atoms with E-state index in [9.17, 15) is 34.2 Å². The van der Waals surface area contributed by atoms with Crippen molar-refractivity contribution in [3.05, 3.63) is 45.9 Å². The molecule has 15 heteroatoms. The van der Waals surface area contributed by atoms with Crippen molar-refractivity contribution in [1.82, 2.24) is 25.4 Å². The summed E-state index contributed by atoms with van der Waals surface area (Å²) in [7, 11) is 0. The molecular weight excluding hydrogens is 797 g/mol. The Hall–Kier alpha value is -3.92. The van der Waals surface area contributed by atoms with Gasteiger partial charge >= 0.3 is 11.9 Å². The van der Waals surface area contributed by atoms with E-state index in [1.807, 2.05) is 30.9 Å². The van der Waals surface area contributed by atoms with Crippen LogP contribution in [-0.2, 0) is 30.3 Å². The molecule has 0 aliphatic carbocycles. The maximum atomic E-state index is 14.1. The number of likely N-dealkylation sites (tertiary alicyclic amines) is 1. The number of anilines is 1. The summed E-state index contributed by atoms with van der Waals surface area (Å²) in [6.07, 6.45) is 8.04. The number of aliphatic carboxylic acids is 1. The van der Waals surface area contributed by atoms with Crippen LogP contribution in [0.25, 0.3) is 0 Å². The van der Waals surface area contributed by atoms with E-state index in [4.69, 9.17) is 15.5 Å². The lowest BCUT2D eigenvalue weighted by Crippen LogP contribution is -2.65. The molecule has 0 bridgehead atoms. The number of rotatable bonds is 27. The summed E-state index contributed by atoms with van der Waals surface area (Å²) in [6, 6.07) is 6.02. The number of nitrogens with zero attached hydrogens (tertiary/aromatic N) is 3. The van der Waals surface area contributed by atoms with Crippen molar-refractivity contribution in [3.8, 4) is 0 Å². The Balaban J connectivity index is 1.97. The standard InChI is InChI=1S/C46H74N6O8S/c1-9-11-12-14-22-52(29-46(30-54,32(5)10-2)50-42(57)38-16-13-15-21-51(38)23-24-53)39(31(3)4)26-40(60-33(6)55)43-49-37(28-61-43)41(56)48-36(27-45(7,8)44(58)59)25-34-17-19-35(47)20-18-34/h17-20,28,30-32,36,38-40,53H,9-16,21-27,29,47H2,1-8H3,(H,48,56)(H,50,57)(H,58,59)/t32-,36-,38+,39+,40+,46?/m0/s1. The van der Waals surface area contributed by atoms with Crippen LogP contribution in [0, 0.1) is 17.3 Å². The van der Waals surface area contributed by atoms with Crippen molar-refractivity contribution in [2.24, 2.45) is 17.3 Å². The first-order valence-electron chi connectivity index (χ1n) is 22.3. The summed E-state index contributed by atoms with van der Waals surface area (Å²) < 4.78 is 5.98. The lowest BCUT2D eigenvalue weighted by Gasteiger charge is -2.45. The van der Waals surface area contributed by atoms with Gasteiger partial charge in [-0.3, -0.25) is 29.0 Å². The second-order valence-corrected chi connectivity index (χ2v) is 18.9. The van der Waals surface area contributed by atoms with E-state index in [0.29, 0.717) is 56.0 Å². The SMILES string of the molecule is CCCCCCN(CC(C=O)(NC(=O)[C@H]1CCCCN1CCO)[C@@H](C)CC)[C@H](C[C@@H](OC(C)=O)c1nc(C(=O)N[C@@H](Cc2ccc(N)cc2)CC(C)(C)C(=O)O)cs1)C(C)C. The number of ether oxygens (including phenoxy) is 1. The minimum Gasteiger partial charge on any atom is -0.481 e. The van der Waals surface area contributed by atoms with Gasteiger partial charge in [-0.15, -0.1) is 11.3 Å². The van der Waals surface area contributed by atoms with Gasteiger partial charge in [-0.05, 0) is 88.6 Å². The number of nitrogen functional groups attached to an aromatic ring is 1. The first-order valence-corrected chi connectivity index (χ1v) is 23.2. The smallest absolute Gasteiger partial charge is 0.309 e. The number of aromatic nitrogens is 1. The number of nitrogens with two attached hydrogens (primary N) is 1. The van der Waals surface area contributed by atoms with E-state index in [1.54, 1.807) is 31.4 Å². The number of β-amino-alcohol motifs (C(OH)–C–C–N with tert-alkyl or cyclic N) is 1. The Bertz CT molecular complexity index is 1700. The zero-order valence-corrected chi connectivity index (χ0v) is 38.7. The maximum absolute atomic E-state index is 14.1. The van der Waals surface area contributed by atoms with Crippen molar-refractivity contribution in [3.63, 3.8) is 0 Å². The Kier molecular flexibility index (Phi) is 20.8. The maximum Gasteiger partial charge on any atom is 0.309 e. The number of hydrogen-bond donors (Lipinski definition) is 5. The van der Waals surface area contributed by atoms with Gasteiger partial charge < -0.3 is 36.1 Å². The van der Waals surface area contributed by atoms with Crippen molar-refractivity contribution >= 4 is 47.1 Å². The lowest BCUT2D eigenvalue weighted by molar-refractivity contribution is -0.149. The Labute approximate surface area is 367 Å². The van der Waals surface area contributed by atoms with Crippen molar-refractivity contribution < 1.29 is 38.9 Å². The summed E-state index contributed by atoms with van der Waals surface area (Å²) in [6.45, 7) is 16.9. The van der Waals surface area contributed by atoms with Gasteiger partial charge in [-0.2, -0.15) is 0 Å². The molecule has 6 N–H and O–H groups in total. The molecule has 2 amide bonds. The fourth-order valence-corrected chi connectivity index (χ4v) is 9.22. The third-order valence-corrected chi connectivity index (χ3v) is 13.2. The predicted molar refractivity (Wildman–Crippen MR) is 240 cm³/mol. The topological polar surface area (TPSA) is 204 Å². The van der Waals surface area contributed by atoms with Gasteiger partial charge in [-0.1, -0.05) is 78.9 Å². The van der Waals surface area contributed by atoms with Gasteiger partial charge in [0, 0.05) is 49.6 Å². The van der Waals surface area contributed by atoms with Crippen molar-refractivity contribution in [2.45, 2.75) is 156 Å². The lowest BCUT2D eigenvalue weighted by atomic mass is 9.82. The van der Waals surface area contributed by atoms with Crippen LogP contribution in [0.2, 0.25) is 0 Å². The number of esters is 1. The Morgan fingerprint density at radius 3 is 2.39 bits per heavy atom. The molecule has 0 radical (unpaired) electrons. The van der Waals surface area contributed by atoms with Crippen LogP contribution in [-0.4, -0.2) is 111 Å². The van der Waals surface area contributed by atoms with Crippen LogP contribution >= 0.6 is 11.3 Å². The zero-order chi connectivity index (χ0) is 45.3. The van der Waals surface area contributed by atoms with Crippen LogP contribution in [0.15, 0.2) is 29.6 Å². The van der Waals surface area contributed by atoms with Gasteiger partial charge in [0.05, 0.1) is 18.1 Å². The Morgan fingerprint density at radius 1 is 1.10 bits per heavy atom. The summed E-state index contributed by atoms with van der Waals surface area (Å²) >= 11 is 1.21. The fraction of sp³-hybridized carbons (Fsp3) is 0.696. The van der Waals surface area contributed by atoms with E-state index < -0.39 is 47.0 Å². The van der Waals surface area contributed by atoms with Gasteiger partial charge in [0.1, 0.15) is 22.5 Å². The number of benzene rings is 1. The summed E-state index contributed by atoms with van der Waals surface area (Å²) in [5, 5.41) is 28.0. The number of piperidine rings is 1. The van der Waals surface area contributed by atoms with Gasteiger partial charge in [0.15, 0.2) is 6.10 Å². The molecule has 6 atom stereocenters. The molecular formula is C46H74N6O8S. The molecule has 342 valence electrons. The highest BCUT2D eigenvalue weighted by molar-refractivity contribution is 7.09. The van der Waals surface area contributed by atoms with E-state index in [-0.39, 0.29) is 49.1 Å². The summed E-state index contributed by atoms with van der Waals surface area (Å²) in [5.41, 5.74) is 5.16. The molecule has 1 aromatic carbocycles. The molecule has 1 aliphatic rings. The highest BCUT2D eigenvalue weighted by Crippen LogP contribution is 2.33. The number of aliphatic hydroxyl groups excluding tert-OH is 1. The van der Waals surface area contributed by atoms with E-state index in [2.05, 4.69) is 36.3 Å². The first kappa shape index (κ1) is 51.4. The van der Waals surface area contributed by atoms with Gasteiger partial charge in [-0.25, -0.2) is 4.98 Å². The average Bonchev–Trinajstić information content (AvgIpc) is 3.71. The number of hydrogen-bond acceptors (Lipinski definition) is 12. The average molecular weight is 871 g/mol. The molecule has 1 aliphatic heterocycles. The van der Waals surface area contributed by atoms with Crippen LogP contribution < -0.4 is 16.4 Å². The summed E-state index contributed by atoms with van der Waals surface area (Å²) in [4.78, 5) is 75.2. The van der Waals surface area contributed by atoms with Crippen LogP contribution in [0.1, 0.15) is 147 Å². The molecule has 61 heavy (non-hydrogen) atoms. The fourth-order valence-electron chi connectivity index (χ4n) is 8.38. The molecule has 1 saturated heterocycles. The normalized spacial score (nSPS) is 17.9. The molecule has 2 aromatic rings. The molecule has 1 unspecified atom stereocenters. The molecule has 0 spiro atoms. The molecule has 1 fully saturated rings. The molecule has 3 rings (SSSR count). The number of carboxylic acid groups (broad SMARTS) is 1. The second kappa shape index (κ2) is 24.6. The third-order valence-electron chi connectivity index (χ3n) is 12.3. The number of carbonyl (C=O) groups excluding carboxylic acids is 4. The predicted octanol–water partition coefficient (Wildman–Crippen LogP) is 6.42. The number of carboxylic acids is 1. The number of amides is 2. The van der Waals surface area contributed by atoms with Crippen LogP contribution in [0.3, 0.4) is 0 Å². The molecule has 0 saturated carbocycles. The third kappa shape index (κ3) is 15.4. The molecule has 14 nitrogen and oxygen atoms in total. The van der Waals surface area contributed by atoms with Crippen molar-refractivity contribution in [2.75, 3.05) is 38.5 Å². The number of nitrogens with one attached hydrogen (secondary N) is 2. The highest BCUT2D eigenvalue weighted by atomic mass is 32.1. The largest absolute Gasteiger partial charge is 0.481 e. The zero-order valence-electron chi connectivity index (χ0n) is 37.9. The number of aldehydes is 1. The first-order chi connectivity index (χ1) is 28.9. The quantitative estimate of drug-likeness (QED) is 0.0286. The van der Waals surface area contributed by atoms with Crippen LogP contribution in [0.5, 0.6) is 0 Å². The monoisotopic (exact) mass is 871 g/mol. The molecule has 1 aromatic heterocycles. The molecule has 2 heterocycles. The Morgan fingerprint density at radius 2 is 1.80 bits per heavy atom. The highest BCUT2D eigenvalue weighted by Gasteiger charge is 2.43. The number of carbonyl (C=O) groups is 5. The van der Waals surface area contributed by atoms with E-state index in [0.717, 1.165) is 50.4 Å². The van der Waals surface area contributed by atoms with Gasteiger partial charge in [0.2, 0.25) is 5.91 Å². The number of unbranched alkanes of at least 4 members (excludes halogenated alkanes) is 3.